The number of hydrogen-bond acceptors (Lipinski definition) is 4. The molecule has 0 aromatic heterocycles. The van der Waals surface area contributed by atoms with Crippen LogP contribution < -0.4 is 5.32 Å². The third kappa shape index (κ3) is 5.70. The maximum Gasteiger partial charge on any atom is 0.423 e. The summed E-state index contributed by atoms with van der Waals surface area (Å²) in [5, 5.41) is 2.49. The fourth-order valence-corrected chi connectivity index (χ4v) is 1.71. The van der Waals surface area contributed by atoms with Crippen LogP contribution >= 0.6 is 0 Å². The van der Waals surface area contributed by atoms with Crippen LogP contribution in [-0.2, 0) is 14.3 Å². The van der Waals surface area contributed by atoms with Gasteiger partial charge in [-0.05, 0) is 20.9 Å². The Morgan fingerprint density at radius 1 is 1.14 bits per heavy atom. The van der Waals surface area contributed by atoms with Crippen LogP contribution in [0.4, 0.5) is 26.3 Å². The van der Waals surface area contributed by atoms with Crippen LogP contribution in [0.3, 0.4) is 0 Å². The molecule has 0 aromatic carbocycles. The number of likely N-dealkylation sites (N-methyl/N-ethyl adjacent to an activating group) is 1. The molecule has 0 aromatic rings. The molecular weight excluding hydrogens is 308 g/mol. The molecule has 0 rings (SSSR count). The Morgan fingerprint density at radius 2 is 1.57 bits per heavy atom. The summed E-state index contributed by atoms with van der Waals surface area (Å²) in [4.78, 5) is 11.5. The lowest BCUT2D eigenvalue weighted by Crippen LogP contribution is -2.52. The summed E-state index contributed by atoms with van der Waals surface area (Å²) in [6.45, 7) is 2.30. The molecule has 0 amide bonds. The average Bonchev–Trinajstić information content (AvgIpc) is 2.31. The number of ether oxygens (including phenoxy) is 2. The van der Waals surface area contributed by atoms with Gasteiger partial charge in [-0.1, -0.05) is 0 Å². The number of methoxy groups -OCH3 is 1. The highest BCUT2D eigenvalue weighted by atomic mass is 19.4. The van der Waals surface area contributed by atoms with Crippen LogP contribution in [0.25, 0.3) is 0 Å². The van der Waals surface area contributed by atoms with Gasteiger partial charge in [0.25, 0.3) is 0 Å². The topological polar surface area (TPSA) is 47.6 Å². The number of halogens is 6. The van der Waals surface area contributed by atoms with Crippen molar-refractivity contribution in [3.05, 3.63) is 0 Å². The van der Waals surface area contributed by atoms with Gasteiger partial charge in [-0.2, -0.15) is 26.3 Å². The van der Waals surface area contributed by atoms with Crippen LogP contribution in [-0.4, -0.2) is 50.2 Å². The number of carbonyl (C=O) groups is 1. The molecule has 126 valence electrons. The van der Waals surface area contributed by atoms with Crippen LogP contribution in [0.1, 0.15) is 20.3 Å². The highest BCUT2D eigenvalue weighted by molar-refractivity contribution is 5.80. The molecule has 0 aliphatic rings. The van der Waals surface area contributed by atoms with Crippen LogP contribution in [0, 0.1) is 0 Å². The zero-order chi connectivity index (χ0) is 17.1. The van der Waals surface area contributed by atoms with E-state index in [1.54, 1.807) is 0 Å². The summed E-state index contributed by atoms with van der Waals surface area (Å²) < 4.78 is 82.7. The van der Waals surface area contributed by atoms with Crippen molar-refractivity contribution in [3.8, 4) is 0 Å². The van der Waals surface area contributed by atoms with E-state index < -0.39 is 42.5 Å². The molecule has 10 heteroatoms. The van der Waals surface area contributed by atoms with E-state index in [1.807, 2.05) is 0 Å². The van der Waals surface area contributed by atoms with Gasteiger partial charge in [0.15, 0.2) is 0 Å². The standard InChI is InChI=1S/C11H17F6NO3/c1-6(5-9(2,18-3)8(19)20-4)21-7(10(12,13)14)11(15,16)17/h6-7,18H,5H2,1-4H3. The largest absolute Gasteiger partial charge is 0.468 e. The minimum Gasteiger partial charge on any atom is -0.468 e. The second kappa shape index (κ2) is 6.82. The lowest BCUT2D eigenvalue weighted by molar-refractivity contribution is -0.330. The van der Waals surface area contributed by atoms with E-state index in [1.165, 1.54) is 14.0 Å². The van der Waals surface area contributed by atoms with Gasteiger partial charge in [0, 0.05) is 6.42 Å². The van der Waals surface area contributed by atoms with E-state index >= 15 is 0 Å². The first-order valence-corrected chi connectivity index (χ1v) is 5.84. The second-order valence-corrected chi connectivity index (χ2v) is 4.69. The summed E-state index contributed by atoms with van der Waals surface area (Å²) in [5.74, 6) is -0.823. The van der Waals surface area contributed by atoms with Crippen molar-refractivity contribution in [3.63, 3.8) is 0 Å². The van der Waals surface area contributed by atoms with Gasteiger partial charge in [-0.15, -0.1) is 0 Å². The smallest absolute Gasteiger partial charge is 0.423 e. The molecular formula is C11H17F6NO3. The van der Waals surface area contributed by atoms with Gasteiger partial charge in [0.2, 0.25) is 6.10 Å². The molecule has 0 spiro atoms. The SMILES string of the molecule is CNC(C)(CC(C)OC(C(F)(F)F)C(F)(F)F)C(=O)OC. The molecule has 2 unspecified atom stereocenters. The summed E-state index contributed by atoms with van der Waals surface area (Å²) in [7, 11) is 2.38. The first kappa shape index (κ1) is 20.0. The number of rotatable bonds is 6. The van der Waals surface area contributed by atoms with Crippen LogP contribution in [0.5, 0.6) is 0 Å². The third-order valence-corrected chi connectivity index (χ3v) is 2.85. The second-order valence-electron chi connectivity index (χ2n) is 4.69. The van der Waals surface area contributed by atoms with E-state index in [-0.39, 0.29) is 0 Å². The van der Waals surface area contributed by atoms with Gasteiger partial charge in [-0.25, -0.2) is 0 Å². The first-order valence-electron chi connectivity index (χ1n) is 5.84. The van der Waals surface area contributed by atoms with Crippen LogP contribution in [0.15, 0.2) is 0 Å². The molecule has 21 heavy (non-hydrogen) atoms. The van der Waals surface area contributed by atoms with Gasteiger partial charge in [0.1, 0.15) is 5.54 Å². The Bertz CT molecular complexity index is 343. The highest BCUT2D eigenvalue weighted by Crippen LogP contribution is 2.37. The molecule has 0 saturated carbocycles. The zero-order valence-electron chi connectivity index (χ0n) is 11.9. The molecule has 1 N–H and O–H groups in total. The van der Waals surface area contributed by atoms with E-state index in [0.29, 0.717) is 0 Å². The monoisotopic (exact) mass is 325 g/mol. The predicted molar refractivity (Wildman–Crippen MR) is 60.5 cm³/mol. The number of esters is 1. The summed E-state index contributed by atoms with van der Waals surface area (Å²) in [6, 6.07) is 0. The van der Waals surface area contributed by atoms with Crippen molar-refractivity contribution in [2.75, 3.05) is 14.2 Å². The zero-order valence-corrected chi connectivity index (χ0v) is 11.9. The molecule has 4 nitrogen and oxygen atoms in total. The molecule has 0 radical (unpaired) electrons. The van der Waals surface area contributed by atoms with Crippen LogP contribution in [0.2, 0.25) is 0 Å². The Kier molecular flexibility index (Phi) is 6.49. The van der Waals surface area contributed by atoms with Gasteiger partial charge in [0.05, 0.1) is 13.2 Å². The summed E-state index contributed by atoms with van der Waals surface area (Å²) in [6.07, 6.45) is -17.0. The van der Waals surface area contributed by atoms with E-state index in [2.05, 4.69) is 14.8 Å². The van der Waals surface area contributed by atoms with Crippen molar-refractivity contribution in [1.29, 1.82) is 0 Å². The van der Waals surface area contributed by atoms with Crippen molar-refractivity contribution in [1.82, 2.24) is 5.32 Å². The number of hydrogen-bond donors (Lipinski definition) is 1. The maximum absolute atomic E-state index is 12.4. The molecule has 0 saturated heterocycles. The number of nitrogens with one attached hydrogen (secondary N) is 1. The third-order valence-electron chi connectivity index (χ3n) is 2.85. The van der Waals surface area contributed by atoms with E-state index in [9.17, 15) is 31.1 Å². The molecule has 0 aliphatic carbocycles. The molecule has 0 fully saturated rings. The van der Waals surface area contributed by atoms with Crippen molar-refractivity contribution in [2.45, 2.75) is 50.4 Å². The van der Waals surface area contributed by atoms with Crippen molar-refractivity contribution >= 4 is 5.97 Å². The fourth-order valence-electron chi connectivity index (χ4n) is 1.71. The Labute approximate surface area is 117 Å². The van der Waals surface area contributed by atoms with Gasteiger partial charge < -0.3 is 14.8 Å². The predicted octanol–water partition coefficient (Wildman–Crippen LogP) is 2.43. The lowest BCUT2D eigenvalue weighted by atomic mass is 9.95. The Morgan fingerprint density at radius 3 is 1.86 bits per heavy atom. The fraction of sp³-hybridized carbons (Fsp3) is 0.909. The number of carbonyl (C=O) groups excluding carboxylic acids is 1. The Balaban J connectivity index is 5.02. The molecule has 0 heterocycles. The van der Waals surface area contributed by atoms with E-state index in [0.717, 1.165) is 14.0 Å². The average molecular weight is 325 g/mol. The van der Waals surface area contributed by atoms with Gasteiger partial charge in [-0.3, -0.25) is 4.79 Å². The summed E-state index contributed by atoms with van der Waals surface area (Å²) in [5.41, 5.74) is -1.46. The molecule has 2 atom stereocenters. The van der Waals surface area contributed by atoms with Gasteiger partial charge >= 0.3 is 18.3 Å². The first-order chi connectivity index (χ1) is 9.28. The number of alkyl halides is 6. The quantitative estimate of drug-likeness (QED) is 0.602. The normalized spacial score (nSPS) is 17.5. The maximum atomic E-state index is 12.4. The molecule has 0 bridgehead atoms. The van der Waals surface area contributed by atoms with Crippen molar-refractivity contribution in [2.24, 2.45) is 0 Å². The highest BCUT2D eigenvalue weighted by Gasteiger charge is 2.58. The molecule has 0 aliphatic heterocycles. The minimum absolute atomic E-state index is 0.432. The van der Waals surface area contributed by atoms with E-state index in [4.69, 9.17) is 0 Å². The lowest BCUT2D eigenvalue weighted by Gasteiger charge is -2.32. The van der Waals surface area contributed by atoms with Crippen molar-refractivity contribution < 1.29 is 40.6 Å². The minimum atomic E-state index is -5.59. The summed E-state index contributed by atoms with van der Waals surface area (Å²) >= 11 is 0. The Hall–Kier alpha value is -1.03.